The molecule has 1 aliphatic rings. The molecule has 0 fully saturated rings. The van der Waals surface area contributed by atoms with Crippen LogP contribution in [0.2, 0.25) is 0 Å². The van der Waals surface area contributed by atoms with Gasteiger partial charge in [0.05, 0.1) is 5.52 Å². The zero-order valence-corrected chi connectivity index (χ0v) is 13.9. The summed E-state index contributed by atoms with van der Waals surface area (Å²) >= 11 is -1.02. The van der Waals surface area contributed by atoms with Crippen molar-refractivity contribution in [1.82, 2.24) is 4.98 Å². The summed E-state index contributed by atoms with van der Waals surface area (Å²) in [4.78, 5) is 5.16. The number of ether oxygens (including phenoxy) is 2. The molecule has 2 aromatic carbocycles. The second-order valence-corrected chi connectivity index (χ2v) is 6.91. The van der Waals surface area contributed by atoms with Crippen LogP contribution in [0.15, 0.2) is 53.6 Å². The lowest BCUT2D eigenvalue weighted by atomic mass is 10.1. The minimum absolute atomic E-state index is 0.276. The second-order valence-electron chi connectivity index (χ2n) is 5.53. The van der Waals surface area contributed by atoms with E-state index in [4.69, 9.17) is 9.47 Å². The van der Waals surface area contributed by atoms with Gasteiger partial charge in [-0.25, -0.2) is 0 Å². The molecule has 4 rings (SSSR count). The van der Waals surface area contributed by atoms with Gasteiger partial charge in [0.15, 0.2) is 16.4 Å². The molecule has 0 spiro atoms. The van der Waals surface area contributed by atoms with Gasteiger partial charge in [0.25, 0.3) is 0 Å². The fourth-order valence-corrected chi connectivity index (χ4v) is 3.25. The van der Waals surface area contributed by atoms with Crippen LogP contribution < -0.4 is 14.8 Å². The van der Waals surface area contributed by atoms with Crippen LogP contribution in [-0.4, -0.2) is 22.6 Å². The smallest absolute Gasteiger partial charge is 0.231 e. The molecule has 2 heterocycles. The number of anilines is 1. The Labute approximate surface area is 142 Å². The monoisotopic (exact) mass is 340 g/mol. The van der Waals surface area contributed by atoms with Gasteiger partial charge in [0.2, 0.25) is 6.79 Å². The number of hydrogen-bond donors (Lipinski definition) is 1. The number of nitrogens with zero attached hydrogens (tertiary/aromatic N) is 1. The third-order valence-corrected chi connectivity index (χ3v) is 4.88. The molecule has 24 heavy (non-hydrogen) atoms. The SMILES string of the molecule is C[S+]([O-])c1ccc2nccc(NCc3ccc4c(c3)OCO4)c2c1. The molecule has 3 aromatic rings. The van der Waals surface area contributed by atoms with Crippen molar-refractivity contribution in [2.75, 3.05) is 18.4 Å². The molecule has 0 saturated carbocycles. The third-order valence-electron chi connectivity index (χ3n) is 3.96. The standard InChI is InChI=1S/C18H16N2O3S/c1-24(21)13-3-4-15-14(9-13)16(6-7-19-15)20-10-12-2-5-17-18(8-12)23-11-22-17/h2-9H,10-11H2,1H3,(H,19,20). The highest BCUT2D eigenvalue weighted by atomic mass is 32.2. The number of nitrogens with one attached hydrogen (secondary N) is 1. The van der Waals surface area contributed by atoms with E-state index in [0.29, 0.717) is 6.54 Å². The first-order chi connectivity index (χ1) is 11.7. The molecule has 1 aliphatic heterocycles. The lowest BCUT2D eigenvalue weighted by molar-refractivity contribution is 0.174. The number of fused-ring (bicyclic) bond motifs is 2. The first-order valence-electron chi connectivity index (χ1n) is 7.55. The maximum atomic E-state index is 11.7. The van der Waals surface area contributed by atoms with E-state index in [9.17, 15) is 4.55 Å². The Balaban J connectivity index is 1.61. The highest BCUT2D eigenvalue weighted by Crippen LogP contribution is 2.33. The first kappa shape index (κ1) is 15.1. The van der Waals surface area contributed by atoms with Gasteiger partial charge in [-0.15, -0.1) is 0 Å². The summed E-state index contributed by atoms with van der Waals surface area (Å²) in [7, 11) is 0. The quantitative estimate of drug-likeness (QED) is 0.738. The van der Waals surface area contributed by atoms with Gasteiger partial charge in [0, 0.05) is 29.9 Å². The summed E-state index contributed by atoms with van der Waals surface area (Å²) in [6, 6.07) is 13.5. The average Bonchev–Trinajstić information content (AvgIpc) is 3.07. The summed E-state index contributed by atoms with van der Waals surface area (Å²) in [5, 5.41) is 4.39. The van der Waals surface area contributed by atoms with E-state index in [2.05, 4.69) is 10.3 Å². The maximum Gasteiger partial charge on any atom is 0.231 e. The molecule has 0 amide bonds. The Bertz CT molecular complexity index is 899. The van der Waals surface area contributed by atoms with E-state index in [1.165, 1.54) is 0 Å². The first-order valence-corrected chi connectivity index (χ1v) is 9.11. The minimum atomic E-state index is -1.02. The van der Waals surface area contributed by atoms with Crippen LogP contribution in [-0.2, 0) is 17.7 Å². The average molecular weight is 340 g/mol. The van der Waals surface area contributed by atoms with Gasteiger partial charge in [0.1, 0.15) is 6.26 Å². The van der Waals surface area contributed by atoms with Gasteiger partial charge in [-0.2, -0.15) is 0 Å². The molecule has 122 valence electrons. The molecule has 1 N–H and O–H groups in total. The predicted octanol–water partition coefficient (Wildman–Crippen LogP) is 3.31. The molecule has 1 atom stereocenters. The Kier molecular flexibility index (Phi) is 3.92. The van der Waals surface area contributed by atoms with E-state index >= 15 is 0 Å². The van der Waals surface area contributed by atoms with Crippen LogP contribution in [0.25, 0.3) is 10.9 Å². The van der Waals surface area contributed by atoms with E-state index in [1.807, 2.05) is 42.5 Å². The molecular formula is C18H16N2O3S. The van der Waals surface area contributed by atoms with E-state index in [-0.39, 0.29) is 6.79 Å². The van der Waals surface area contributed by atoms with Crippen molar-refractivity contribution in [3.63, 3.8) is 0 Å². The lowest BCUT2D eigenvalue weighted by Crippen LogP contribution is -2.02. The Hall–Kier alpha value is -2.44. The molecular weight excluding hydrogens is 324 g/mol. The van der Waals surface area contributed by atoms with Crippen molar-refractivity contribution in [1.29, 1.82) is 0 Å². The topological polar surface area (TPSA) is 66.4 Å². The largest absolute Gasteiger partial charge is 0.612 e. The van der Waals surface area contributed by atoms with Crippen molar-refractivity contribution in [3.8, 4) is 11.5 Å². The number of pyridine rings is 1. The van der Waals surface area contributed by atoms with Crippen LogP contribution >= 0.6 is 0 Å². The second kappa shape index (κ2) is 6.22. The van der Waals surface area contributed by atoms with E-state index in [1.54, 1.807) is 12.5 Å². The summed E-state index contributed by atoms with van der Waals surface area (Å²) in [5.41, 5.74) is 2.93. The zero-order valence-electron chi connectivity index (χ0n) is 13.1. The van der Waals surface area contributed by atoms with Gasteiger partial charge >= 0.3 is 0 Å². The summed E-state index contributed by atoms with van der Waals surface area (Å²) in [6.45, 7) is 0.924. The number of rotatable bonds is 4. The molecule has 5 nitrogen and oxygen atoms in total. The summed E-state index contributed by atoms with van der Waals surface area (Å²) in [5.74, 6) is 1.56. The van der Waals surface area contributed by atoms with Crippen LogP contribution in [0.1, 0.15) is 5.56 Å². The van der Waals surface area contributed by atoms with Gasteiger partial charge in [-0.05, 0) is 47.1 Å². The molecule has 0 bridgehead atoms. The van der Waals surface area contributed by atoms with Crippen molar-refractivity contribution >= 4 is 27.8 Å². The Morgan fingerprint density at radius 1 is 1.12 bits per heavy atom. The predicted molar refractivity (Wildman–Crippen MR) is 94.0 cm³/mol. The van der Waals surface area contributed by atoms with Crippen LogP contribution in [0.5, 0.6) is 11.5 Å². The normalized spacial score (nSPS) is 13.9. The summed E-state index contributed by atoms with van der Waals surface area (Å²) < 4.78 is 22.5. The van der Waals surface area contributed by atoms with Crippen molar-refractivity contribution < 1.29 is 14.0 Å². The molecule has 0 radical (unpaired) electrons. The Morgan fingerprint density at radius 2 is 2.00 bits per heavy atom. The fourth-order valence-electron chi connectivity index (χ4n) is 2.71. The molecule has 1 aromatic heterocycles. The highest BCUT2D eigenvalue weighted by Gasteiger charge is 2.13. The van der Waals surface area contributed by atoms with Crippen LogP contribution in [0.4, 0.5) is 5.69 Å². The molecule has 1 unspecified atom stereocenters. The third kappa shape index (κ3) is 2.86. The van der Waals surface area contributed by atoms with Crippen molar-refractivity contribution in [2.45, 2.75) is 11.4 Å². The fraction of sp³-hybridized carbons (Fsp3) is 0.167. The maximum absolute atomic E-state index is 11.7. The Morgan fingerprint density at radius 3 is 2.88 bits per heavy atom. The highest BCUT2D eigenvalue weighted by molar-refractivity contribution is 7.90. The van der Waals surface area contributed by atoms with Crippen LogP contribution in [0.3, 0.4) is 0 Å². The van der Waals surface area contributed by atoms with Crippen molar-refractivity contribution in [2.24, 2.45) is 0 Å². The molecule has 0 saturated heterocycles. The number of benzene rings is 2. The van der Waals surface area contributed by atoms with E-state index < -0.39 is 11.2 Å². The van der Waals surface area contributed by atoms with Crippen LogP contribution in [0, 0.1) is 0 Å². The minimum Gasteiger partial charge on any atom is -0.612 e. The lowest BCUT2D eigenvalue weighted by Gasteiger charge is -2.11. The van der Waals surface area contributed by atoms with Gasteiger partial charge < -0.3 is 19.3 Å². The molecule has 6 heteroatoms. The van der Waals surface area contributed by atoms with Gasteiger partial charge in [-0.1, -0.05) is 6.07 Å². The number of aromatic nitrogens is 1. The number of hydrogen-bond acceptors (Lipinski definition) is 5. The van der Waals surface area contributed by atoms with Gasteiger partial charge in [-0.3, -0.25) is 4.98 Å². The molecule has 0 aliphatic carbocycles. The van der Waals surface area contributed by atoms with Crippen molar-refractivity contribution in [3.05, 3.63) is 54.2 Å². The van der Waals surface area contributed by atoms with E-state index in [0.717, 1.165) is 38.5 Å². The zero-order chi connectivity index (χ0) is 16.5. The summed E-state index contributed by atoms with van der Waals surface area (Å²) in [6.07, 6.45) is 3.45.